The maximum absolute atomic E-state index is 13.3. The molecule has 6 rings (SSSR count). The van der Waals surface area contributed by atoms with Crippen molar-refractivity contribution < 1.29 is 18.3 Å². The van der Waals surface area contributed by atoms with Crippen LogP contribution in [-0.4, -0.2) is 23.7 Å². The molecule has 0 radical (unpaired) electrons. The van der Waals surface area contributed by atoms with Crippen molar-refractivity contribution in [3.05, 3.63) is 29.8 Å². The fourth-order valence-electron chi connectivity index (χ4n) is 6.84. The van der Waals surface area contributed by atoms with Gasteiger partial charge in [0.05, 0.1) is 6.10 Å². The summed E-state index contributed by atoms with van der Waals surface area (Å²) in [4.78, 5) is 12.7. The number of rotatable bonds is 4. The van der Waals surface area contributed by atoms with E-state index < -0.39 is 11.6 Å². The molecule has 5 fully saturated rings. The number of amides is 2. The Bertz CT molecular complexity index is 721. The molecule has 5 aliphatic carbocycles. The molecular formula is C23H30F2N2O2. The number of carbonyl (C=O) groups excluding carboxylic acids is 1. The van der Waals surface area contributed by atoms with Gasteiger partial charge in [-0.2, -0.15) is 0 Å². The second kappa shape index (κ2) is 7.44. The van der Waals surface area contributed by atoms with Crippen LogP contribution < -0.4 is 15.4 Å². The maximum atomic E-state index is 13.3. The predicted molar refractivity (Wildman–Crippen MR) is 106 cm³/mol. The summed E-state index contributed by atoms with van der Waals surface area (Å²) in [6.07, 6.45) is 10.6. The monoisotopic (exact) mass is 404 g/mol. The van der Waals surface area contributed by atoms with Gasteiger partial charge in [-0.15, -0.1) is 0 Å². The number of urea groups is 1. The molecule has 1 aromatic carbocycles. The van der Waals surface area contributed by atoms with Gasteiger partial charge in [-0.05, 0) is 82.0 Å². The van der Waals surface area contributed by atoms with Crippen molar-refractivity contribution in [2.75, 3.05) is 0 Å². The van der Waals surface area contributed by atoms with Crippen molar-refractivity contribution in [2.45, 2.75) is 81.9 Å². The number of ether oxygens (including phenoxy) is 1. The highest BCUT2D eigenvalue weighted by atomic mass is 19.1. The molecule has 4 bridgehead atoms. The van der Waals surface area contributed by atoms with Crippen LogP contribution in [-0.2, 0) is 0 Å². The molecule has 158 valence electrons. The van der Waals surface area contributed by atoms with Crippen LogP contribution in [0.25, 0.3) is 0 Å². The molecule has 5 saturated carbocycles. The van der Waals surface area contributed by atoms with Gasteiger partial charge in [-0.1, -0.05) is 0 Å². The van der Waals surface area contributed by atoms with E-state index in [0.29, 0.717) is 0 Å². The zero-order valence-corrected chi connectivity index (χ0v) is 16.8. The van der Waals surface area contributed by atoms with Crippen LogP contribution in [0.3, 0.4) is 0 Å². The first-order valence-electron chi connectivity index (χ1n) is 11.2. The second-order valence-electron chi connectivity index (χ2n) is 9.99. The molecule has 0 aliphatic heterocycles. The maximum Gasteiger partial charge on any atom is 0.315 e. The van der Waals surface area contributed by atoms with Gasteiger partial charge >= 0.3 is 6.03 Å². The highest BCUT2D eigenvalue weighted by Gasteiger charge is 2.51. The minimum Gasteiger partial charge on any atom is -0.490 e. The molecular weight excluding hydrogens is 374 g/mol. The molecule has 0 spiro atoms. The van der Waals surface area contributed by atoms with Gasteiger partial charge in [0.1, 0.15) is 17.4 Å². The van der Waals surface area contributed by atoms with Crippen molar-refractivity contribution in [1.29, 1.82) is 0 Å². The summed E-state index contributed by atoms with van der Waals surface area (Å²) in [5.74, 6) is 1.40. The number of benzene rings is 1. The number of nitrogens with one attached hydrogen (secondary N) is 2. The van der Waals surface area contributed by atoms with Crippen molar-refractivity contribution in [2.24, 2.45) is 17.8 Å². The average Bonchev–Trinajstić information content (AvgIpc) is 2.61. The molecule has 2 amide bonds. The Morgan fingerprint density at radius 2 is 1.45 bits per heavy atom. The van der Waals surface area contributed by atoms with Crippen molar-refractivity contribution in [1.82, 2.24) is 10.6 Å². The summed E-state index contributed by atoms with van der Waals surface area (Å²) in [5, 5.41) is 6.54. The van der Waals surface area contributed by atoms with Crippen LogP contribution in [0, 0.1) is 29.4 Å². The lowest BCUT2D eigenvalue weighted by atomic mass is 9.53. The SMILES string of the molecule is O=C(NC12CC3CC(CC(C3)C1)C2)N[C@H]1CC[C@@H](Oc2cc(F)cc(F)c2)CC1. The second-order valence-corrected chi connectivity index (χ2v) is 9.99. The van der Waals surface area contributed by atoms with Gasteiger partial charge in [-0.25, -0.2) is 13.6 Å². The third-order valence-corrected chi connectivity index (χ3v) is 7.57. The lowest BCUT2D eigenvalue weighted by Gasteiger charge is -2.56. The highest BCUT2D eigenvalue weighted by molar-refractivity contribution is 5.75. The van der Waals surface area contributed by atoms with Crippen LogP contribution >= 0.6 is 0 Å². The molecule has 1 aromatic rings. The molecule has 5 aliphatic rings. The van der Waals surface area contributed by atoms with Crippen molar-refractivity contribution in [3.63, 3.8) is 0 Å². The molecule has 0 unspecified atom stereocenters. The molecule has 6 heteroatoms. The van der Waals surface area contributed by atoms with Crippen molar-refractivity contribution >= 4 is 6.03 Å². The molecule has 0 heterocycles. The van der Waals surface area contributed by atoms with E-state index in [-0.39, 0.29) is 29.5 Å². The smallest absolute Gasteiger partial charge is 0.315 e. The van der Waals surface area contributed by atoms with Gasteiger partial charge in [0.25, 0.3) is 0 Å². The fourth-order valence-corrected chi connectivity index (χ4v) is 6.84. The topological polar surface area (TPSA) is 50.4 Å². The summed E-state index contributed by atoms with van der Waals surface area (Å²) in [6.45, 7) is 0. The van der Waals surface area contributed by atoms with Gasteiger partial charge < -0.3 is 15.4 Å². The van der Waals surface area contributed by atoms with E-state index in [2.05, 4.69) is 10.6 Å². The first-order chi connectivity index (χ1) is 13.9. The third-order valence-electron chi connectivity index (χ3n) is 7.57. The zero-order valence-electron chi connectivity index (χ0n) is 16.8. The fraction of sp³-hybridized carbons (Fsp3) is 0.696. The van der Waals surface area contributed by atoms with Crippen LogP contribution in [0.15, 0.2) is 18.2 Å². The summed E-state index contributed by atoms with van der Waals surface area (Å²) in [6, 6.07) is 3.38. The molecule has 4 nitrogen and oxygen atoms in total. The summed E-state index contributed by atoms with van der Waals surface area (Å²) < 4.78 is 32.4. The highest BCUT2D eigenvalue weighted by Crippen LogP contribution is 2.55. The standard InChI is InChI=1S/C23H30F2N2O2/c24-17-8-18(25)10-21(9-17)29-20-3-1-19(2-4-20)26-22(28)27-23-11-14-5-15(12-23)7-16(6-14)13-23/h8-10,14-16,19-20H,1-7,11-13H2,(H2,26,27,28)/t14?,15?,16?,19-,20+,23?. The number of hydrogen-bond donors (Lipinski definition) is 2. The third kappa shape index (κ3) is 4.22. The molecule has 0 saturated heterocycles. The molecule has 2 N–H and O–H groups in total. The zero-order chi connectivity index (χ0) is 20.0. The van der Waals surface area contributed by atoms with E-state index >= 15 is 0 Å². The Morgan fingerprint density at radius 1 is 0.897 bits per heavy atom. The summed E-state index contributed by atoms with van der Waals surface area (Å²) in [7, 11) is 0. The molecule has 0 atom stereocenters. The largest absolute Gasteiger partial charge is 0.490 e. The van der Waals surface area contributed by atoms with Crippen molar-refractivity contribution in [3.8, 4) is 5.75 Å². The average molecular weight is 405 g/mol. The molecule has 0 aromatic heterocycles. The number of carbonyl (C=O) groups is 1. The lowest BCUT2D eigenvalue weighted by Crippen LogP contribution is -2.62. The van der Waals surface area contributed by atoms with E-state index in [1.807, 2.05) is 0 Å². The van der Waals surface area contributed by atoms with E-state index in [1.54, 1.807) is 0 Å². The minimum atomic E-state index is -0.628. The normalized spacial score (nSPS) is 37.9. The predicted octanol–water partition coefficient (Wildman–Crippen LogP) is 4.92. The van der Waals surface area contributed by atoms with E-state index in [9.17, 15) is 13.6 Å². The molecule has 29 heavy (non-hydrogen) atoms. The lowest BCUT2D eigenvalue weighted by molar-refractivity contribution is -0.0138. The summed E-state index contributed by atoms with van der Waals surface area (Å²) >= 11 is 0. The van der Waals surface area contributed by atoms with Gasteiger partial charge in [0, 0.05) is 29.8 Å². The van der Waals surface area contributed by atoms with E-state index in [4.69, 9.17) is 4.74 Å². The first kappa shape index (κ1) is 19.1. The summed E-state index contributed by atoms with van der Waals surface area (Å²) in [5.41, 5.74) is 0.0284. The van der Waals surface area contributed by atoms with Gasteiger partial charge in [-0.3, -0.25) is 0 Å². The van der Waals surface area contributed by atoms with Crippen LogP contribution in [0.4, 0.5) is 13.6 Å². The van der Waals surface area contributed by atoms with E-state index in [1.165, 1.54) is 31.4 Å². The van der Waals surface area contributed by atoms with Gasteiger partial charge in [0.2, 0.25) is 0 Å². The number of halogens is 2. The number of hydrogen-bond acceptors (Lipinski definition) is 2. The Kier molecular flexibility index (Phi) is 4.91. The quantitative estimate of drug-likeness (QED) is 0.748. The van der Waals surface area contributed by atoms with E-state index in [0.717, 1.165) is 68.8 Å². The Labute approximate surface area is 170 Å². The Morgan fingerprint density at radius 3 is 2.00 bits per heavy atom. The van der Waals surface area contributed by atoms with Gasteiger partial charge in [0.15, 0.2) is 0 Å². The van der Waals surface area contributed by atoms with Crippen LogP contribution in [0.1, 0.15) is 64.2 Å². The Balaban J connectivity index is 1.10. The minimum absolute atomic E-state index is 0.0245. The van der Waals surface area contributed by atoms with Crippen LogP contribution in [0.2, 0.25) is 0 Å². The Hall–Kier alpha value is -1.85. The first-order valence-corrected chi connectivity index (χ1v) is 11.2. The van der Waals surface area contributed by atoms with Crippen LogP contribution in [0.5, 0.6) is 5.75 Å².